The molecule has 0 atom stereocenters. The first-order valence-electron chi connectivity index (χ1n) is 4.46. The van der Waals surface area contributed by atoms with Crippen LogP contribution < -0.4 is 4.84 Å². The largest absolute Gasteiger partial charge is 0.508 e. The molecule has 0 saturated heterocycles. The molecule has 0 aliphatic carbocycles. The van der Waals surface area contributed by atoms with E-state index in [1.165, 1.54) is 12.1 Å². The van der Waals surface area contributed by atoms with Gasteiger partial charge in [0.05, 0.1) is 0 Å². The smallest absolute Gasteiger partial charge is 0.334 e. The lowest BCUT2D eigenvalue weighted by Gasteiger charge is -2.00. The molecule has 2 aromatic rings. The van der Waals surface area contributed by atoms with Gasteiger partial charge in [0.25, 0.3) is 0 Å². The van der Waals surface area contributed by atoms with Crippen LogP contribution in [0.1, 0.15) is 13.3 Å². The summed E-state index contributed by atoms with van der Waals surface area (Å²) in [5.74, 6) is -0.344. The average molecular weight is 207 g/mol. The summed E-state index contributed by atoms with van der Waals surface area (Å²) in [7, 11) is 0. The summed E-state index contributed by atoms with van der Waals surface area (Å²) in [5.41, 5.74) is 1.01. The second-order valence-corrected chi connectivity index (χ2v) is 2.95. The minimum Gasteiger partial charge on any atom is -0.508 e. The summed E-state index contributed by atoms with van der Waals surface area (Å²) in [6, 6.07) is 4.51. The number of phenolic OH excluding ortho intramolecular Hbond substituents is 1. The van der Waals surface area contributed by atoms with E-state index in [0.29, 0.717) is 11.0 Å². The molecule has 2 rings (SSSR count). The molecule has 0 amide bonds. The van der Waals surface area contributed by atoms with Crippen LogP contribution in [-0.2, 0) is 4.79 Å². The Hall–Kier alpha value is -2.11. The Morgan fingerprint density at radius 2 is 2.40 bits per heavy atom. The van der Waals surface area contributed by atoms with E-state index in [2.05, 4.69) is 10.3 Å². The maximum Gasteiger partial charge on any atom is 0.334 e. The molecule has 1 N–H and O–H groups in total. The van der Waals surface area contributed by atoms with Crippen molar-refractivity contribution in [1.82, 2.24) is 15.2 Å². The lowest BCUT2D eigenvalue weighted by atomic mass is 10.3. The number of nitrogens with zero attached hydrogens (tertiary/aromatic N) is 3. The van der Waals surface area contributed by atoms with E-state index in [1.54, 1.807) is 13.0 Å². The molecule has 0 unspecified atom stereocenters. The number of carbonyl (C=O) groups excluding carboxylic acids is 1. The fourth-order valence-electron chi connectivity index (χ4n) is 1.12. The van der Waals surface area contributed by atoms with E-state index in [9.17, 15) is 9.90 Å². The molecule has 0 aliphatic heterocycles. The van der Waals surface area contributed by atoms with E-state index < -0.39 is 5.97 Å². The number of aromatic nitrogens is 3. The number of phenols is 1. The third-order valence-corrected chi connectivity index (χ3v) is 1.88. The summed E-state index contributed by atoms with van der Waals surface area (Å²) >= 11 is 0. The van der Waals surface area contributed by atoms with Crippen molar-refractivity contribution in [3.8, 4) is 5.75 Å². The van der Waals surface area contributed by atoms with Crippen LogP contribution in [0.4, 0.5) is 0 Å². The summed E-state index contributed by atoms with van der Waals surface area (Å²) < 4.78 is 0. The van der Waals surface area contributed by atoms with E-state index in [-0.39, 0.29) is 12.2 Å². The Balaban J connectivity index is 2.43. The Labute approximate surface area is 85.0 Å². The normalized spacial score (nSPS) is 10.5. The predicted octanol–water partition coefficient (Wildman–Crippen LogP) is 0.502. The van der Waals surface area contributed by atoms with Crippen molar-refractivity contribution in [3.63, 3.8) is 0 Å². The molecule has 6 heteroatoms. The number of carbonyl (C=O) groups is 1. The van der Waals surface area contributed by atoms with Gasteiger partial charge in [0, 0.05) is 12.5 Å². The maximum absolute atomic E-state index is 11.0. The van der Waals surface area contributed by atoms with Gasteiger partial charge in [0.1, 0.15) is 16.8 Å². The zero-order valence-corrected chi connectivity index (χ0v) is 8.04. The van der Waals surface area contributed by atoms with Gasteiger partial charge in [0.2, 0.25) is 0 Å². The molecular formula is C9H9N3O3. The number of aromatic hydroxyl groups is 1. The Bertz CT molecular complexity index is 506. The van der Waals surface area contributed by atoms with Gasteiger partial charge in [0.15, 0.2) is 0 Å². The second kappa shape index (κ2) is 3.56. The Kier molecular flexibility index (Phi) is 2.24. The van der Waals surface area contributed by atoms with Crippen LogP contribution in [0.15, 0.2) is 18.2 Å². The standard InChI is InChI=1S/C9H9N3O3/c1-2-9(14)15-12-8-5-6(13)3-4-7(8)10-11-12/h3-5,13H,2H2,1H3. The zero-order chi connectivity index (χ0) is 10.8. The molecule has 6 nitrogen and oxygen atoms in total. The van der Waals surface area contributed by atoms with Gasteiger partial charge in [-0.25, -0.2) is 4.79 Å². The SMILES string of the molecule is CCC(=O)On1nnc2ccc(O)cc21. The van der Waals surface area contributed by atoms with Crippen LogP contribution in [0.5, 0.6) is 5.75 Å². The molecule has 1 heterocycles. The molecule has 0 bridgehead atoms. The van der Waals surface area contributed by atoms with Gasteiger partial charge in [-0.05, 0) is 17.3 Å². The summed E-state index contributed by atoms with van der Waals surface area (Å²) in [4.78, 5) is 16.9. The third-order valence-electron chi connectivity index (χ3n) is 1.88. The van der Waals surface area contributed by atoms with Crippen molar-refractivity contribution >= 4 is 17.0 Å². The Morgan fingerprint density at radius 1 is 1.60 bits per heavy atom. The summed E-state index contributed by atoms with van der Waals surface area (Å²) in [5, 5.41) is 16.7. The van der Waals surface area contributed by atoms with Crippen molar-refractivity contribution in [1.29, 1.82) is 0 Å². The lowest BCUT2D eigenvalue weighted by Crippen LogP contribution is -2.19. The average Bonchev–Trinajstić information content (AvgIpc) is 2.61. The van der Waals surface area contributed by atoms with Gasteiger partial charge in [-0.2, -0.15) is 0 Å². The molecule has 0 saturated carbocycles. The first-order chi connectivity index (χ1) is 7.20. The van der Waals surface area contributed by atoms with Crippen LogP contribution >= 0.6 is 0 Å². The summed E-state index contributed by atoms with van der Waals surface area (Å²) in [6.07, 6.45) is 0.250. The minimum absolute atomic E-state index is 0.0681. The number of hydrogen-bond acceptors (Lipinski definition) is 5. The van der Waals surface area contributed by atoms with Gasteiger partial charge < -0.3 is 9.94 Å². The molecule has 0 spiro atoms. The van der Waals surface area contributed by atoms with E-state index >= 15 is 0 Å². The second-order valence-electron chi connectivity index (χ2n) is 2.95. The van der Waals surface area contributed by atoms with E-state index in [4.69, 9.17) is 4.84 Å². The lowest BCUT2D eigenvalue weighted by molar-refractivity contribution is -0.145. The summed E-state index contributed by atoms with van der Waals surface area (Å²) in [6.45, 7) is 1.68. The van der Waals surface area contributed by atoms with Gasteiger partial charge in [-0.3, -0.25) is 0 Å². The fourth-order valence-corrected chi connectivity index (χ4v) is 1.12. The van der Waals surface area contributed by atoms with Gasteiger partial charge in [-0.1, -0.05) is 11.8 Å². The van der Waals surface area contributed by atoms with E-state index in [1.807, 2.05) is 0 Å². The van der Waals surface area contributed by atoms with Crippen molar-refractivity contribution < 1.29 is 14.7 Å². The highest BCUT2D eigenvalue weighted by atomic mass is 16.7. The van der Waals surface area contributed by atoms with E-state index in [0.717, 1.165) is 4.85 Å². The Morgan fingerprint density at radius 3 is 3.13 bits per heavy atom. The van der Waals surface area contributed by atoms with Crippen LogP contribution in [0.3, 0.4) is 0 Å². The van der Waals surface area contributed by atoms with Crippen molar-refractivity contribution in [3.05, 3.63) is 18.2 Å². The molecular weight excluding hydrogens is 198 g/mol. The molecule has 78 valence electrons. The number of hydrogen-bond donors (Lipinski definition) is 1. The highest BCUT2D eigenvalue weighted by Gasteiger charge is 2.08. The predicted molar refractivity (Wildman–Crippen MR) is 51.1 cm³/mol. The van der Waals surface area contributed by atoms with Crippen LogP contribution in [0, 0.1) is 0 Å². The van der Waals surface area contributed by atoms with Crippen molar-refractivity contribution in [2.75, 3.05) is 0 Å². The monoisotopic (exact) mass is 207 g/mol. The van der Waals surface area contributed by atoms with Crippen LogP contribution in [0.2, 0.25) is 0 Å². The third kappa shape index (κ3) is 1.74. The molecule has 0 radical (unpaired) electrons. The topological polar surface area (TPSA) is 77.2 Å². The number of rotatable bonds is 2. The quantitative estimate of drug-likeness (QED) is 0.725. The van der Waals surface area contributed by atoms with Crippen LogP contribution in [0.25, 0.3) is 11.0 Å². The highest BCUT2D eigenvalue weighted by molar-refractivity contribution is 5.77. The van der Waals surface area contributed by atoms with Gasteiger partial charge in [-0.15, -0.1) is 5.10 Å². The fraction of sp³-hybridized carbons (Fsp3) is 0.222. The van der Waals surface area contributed by atoms with Crippen molar-refractivity contribution in [2.24, 2.45) is 0 Å². The molecule has 0 fully saturated rings. The van der Waals surface area contributed by atoms with Crippen molar-refractivity contribution in [2.45, 2.75) is 13.3 Å². The van der Waals surface area contributed by atoms with Crippen LogP contribution in [-0.4, -0.2) is 26.2 Å². The zero-order valence-electron chi connectivity index (χ0n) is 8.04. The first kappa shape index (κ1) is 9.45. The maximum atomic E-state index is 11.0. The first-order valence-corrected chi connectivity index (χ1v) is 4.46. The number of benzene rings is 1. The molecule has 15 heavy (non-hydrogen) atoms. The highest BCUT2D eigenvalue weighted by Crippen LogP contribution is 2.16. The molecule has 1 aromatic carbocycles. The number of fused-ring (bicyclic) bond motifs is 1. The van der Waals surface area contributed by atoms with Gasteiger partial charge >= 0.3 is 5.97 Å². The molecule has 0 aliphatic rings. The molecule has 1 aromatic heterocycles. The minimum atomic E-state index is -0.412.